The zero-order valence-electron chi connectivity index (χ0n) is 8.79. The summed E-state index contributed by atoms with van der Waals surface area (Å²) in [6.07, 6.45) is 1.54. The molecule has 0 saturated carbocycles. The van der Waals surface area contributed by atoms with Crippen LogP contribution in [-0.2, 0) is 0 Å². The van der Waals surface area contributed by atoms with Crippen molar-refractivity contribution >= 4 is 44.0 Å². The highest BCUT2D eigenvalue weighted by molar-refractivity contribution is 9.10. The standard InChI is InChI=1S/C10H6BrN3O3S/c11-6-3-4-12-8(5-6)13-10(15)7-1-2-9(18-7)14(16)17/h1-5H,(H,12,13,15). The first-order chi connectivity index (χ1) is 8.56. The molecular formula is C10H6BrN3O3S. The number of thiophene rings is 1. The van der Waals surface area contributed by atoms with Gasteiger partial charge in [0.05, 0.1) is 9.80 Å². The molecule has 0 spiro atoms. The van der Waals surface area contributed by atoms with Crippen molar-refractivity contribution < 1.29 is 9.72 Å². The first-order valence-electron chi connectivity index (χ1n) is 4.73. The molecule has 0 radical (unpaired) electrons. The Hall–Kier alpha value is -1.80. The summed E-state index contributed by atoms with van der Waals surface area (Å²) in [5, 5.41) is 13.0. The fraction of sp³-hybridized carbons (Fsp3) is 0. The van der Waals surface area contributed by atoms with E-state index < -0.39 is 10.8 Å². The van der Waals surface area contributed by atoms with Crippen molar-refractivity contribution in [3.63, 3.8) is 0 Å². The molecule has 0 fully saturated rings. The minimum absolute atomic E-state index is 0.0673. The first kappa shape index (κ1) is 12.7. The fourth-order valence-electron chi connectivity index (χ4n) is 1.20. The third kappa shape index (κ3) is 2.90. The largest absolute Gasteiger partial charge is 0.324 e. The lowest BCUT2D eigenvalue weighted by Crippen LogP contribution is -2.11. The monoisotopic (exact) mass is 327 g/mol. The predicted molar refractivity (Wildman–Crippen MR) is 70.9 cm³/mol. The van der Waals surface area contributed by atoms with Crippen molar-refractivity contribution in [2.45, 2.75) is 0 Å². The normalized spacial score (nSPS) is 10.1. The summed E-state index contributed by atoms with van der Waals surface area (Å²) >= 11 is 4.08. The van der Waals surface area contributed by atoms with Crippen molar-refractivity contribution in [1.29, 1.82) is 0 Å². The molecule has 8 heteroatoms. The molecule has 2 rings (SSSR count). The number of pyridine rings is 1. The van der Waals surface area contributed by atoms with Gasteiger partial charge in [0.15, 0.2) is 0 Å². The van der Waals surface area contributed by atoms with Crippen molar-refractivity contribution in [3.8, 4) is 0 Å². The van der Waals surface area contributed by atoms with Crippen LogP contribution in [-0.4, -0.2) is 15.8 Å². The van der Waals surface area contributed by atoms with Crippen molar-refractivity contribution in [1.82, 2.24) is 4.98 Å². The van der Waals surface area contributed by atoms with Gasteiger partial charge in [-0.05, 0) is 18.2 Å². The second-order valence-electron chi connectivity index (χ2n) is 3.21. The molecule has 0 atom stereocenters. The summed E-state index contributed by atoms with van der Waals surface area (Å²) in [4.78, 5) is 26.0. The van der Waals surface area contributed by atoms with Gasteiger partial charge in [0.25, 0.3) is 5.91 Å². The lowest BCUT2D eigenvalue weighted by atomic mass is 10.4. The topological polar surface area (TPSA) is 85.1 Å². The Morgan fingerprint density at radius 1 is 1.44 bits per heavy atom. The van der Waals surface area contributed by atoms with Gasteiger partial charge in [0.2, 0.25) is 0 Å². The quantitative estimate of drug-likeness (QED) is 0.693. The van der Waals surface area contributed by atoms with Gasteiger partial charge >= 0.3 is 5.00 Å². The Balaban J connectivity index is 2.14. The summed E-state index contributed by atoms with van der Waals surface area (Å²) < 4.78 is 0.782. The van der Waals surface area contributed by atoms with Crippen LogP contribution in [0.5, 0.6) is 0 Å². The fourth-order valence-corrected chi connectivity index (χ4v) is 2.25. The van der Waals surface area contributed by atoms with E-state index in [1.807, 2.05) is 0 Å². The number of hydrogen-bond acceptors (Lipinski definition) is 5. The van der Waals surface area contributed by atoms with Crippen molar-refractivity contribution in [2.75, 3.05) is 5.32 Å². The highest BCUT2D eigenvalue weighted by Crippen LogP contribution is 2.24. The lowest BCUT2D eigenvalue weighted by Gasteiger charge is -2.01. The number of rotatable bonds is 3. The number of nitrogens with zero attached hydrogens (tertiary/aromatic N) is 2. The Morgan fingerprint density at radius 2 is 2.22 bits per heavy atom. The van der Waals surface area contributed by atoms with Crippen LogP contribution in [0.3, 0.4) is 0 Å². The molecule has 18 heavy (non-hydrogen) atoms. The Morgan fingerprint density at radius 3 is 2.83 bits per heavy atom. The van der Waals surface area contributed by atoms with Gasteiger partial charge in [-0.15, -0.1) is 0 Å². The molecule has 1 amide bonds. The van der Waals surface area contributed by atoms with E-state index in [0.717, 1.165) is 15.8 Å². The average Bonchev–Trinajstić information content (AvgIpc) is 2.78. The number of hydrogen-bond donors (Lipinski definition) is 1. The van der Waals surface area contributed by atoms with Crippen LogP contribution in [0.4, 0.5) is 10.8 Å². The summed E-state index contributed by atoms with van der Waals surface area (Å²) in [5.41, 5.74) is 0. The number of carbonyl (C=O) groups is 1. The summed E-state index contributed by atoms with van der Waals surface area (Å²) in [6.45, 7) is 0. The molecule has 0 aromatic carbocycles. The average molecular weight is 328 g/mol. The number of nitrogens with one attached hydrogen (secondary N) is 1. The van der Waals surface area contributed by atoms with E-state index in [2.05, 4.69) is 26.2 Å². The van der Waals surface area contributed by atoms with Crippen LogP contribution < -0.4 is 5.32 Å². The molecule has 0 aliphatic carbocycles. The van der Waals surface area contributed by atoms with Gasteiger partial charge in [0, 0.05) is 16.7 Å². The first-order valence-corrected chi connectivity index (χ1v) is 6.34. The van der Waals surface area contributed by atoms with Gasteiger partial charge in [-0.3, -0.25) is 14.9 Å². The SMILES string of the molecule is O=C(Nc1cc(Br)ccn1)c1ccc([N+](=O)[O-])s1. The highest BCUT2D eigenvalue weighted by Gasteiger charge is 2.15. The Labute approximate surface area is 114 Å². The molecule has 2 aromatic rings. The molecule has 92 valence electrons. The molecule has 2 heterocycles. The summed E-state index contributed by atoms with van der Waals surface area (Å²) in [7, 11) is 0. The molecule has 0 aliphatic rings. The van der Waals surface area contributed by atoms with E-state index in [9.17, 15) is 14.9 Å². The maximum atomic E-state index is 11.8. The molecule has 0 aliphatic heterocycles. The molecular weight excluding hydrogens is 322 g/mol. The van der Waals surface area contributed by atoms with Gasteiger partial charge in [-0.1, -0.05) is 27.3 Å². The zero-order chi connectivity index (χ0) is 13.1. The maximum absolute atomic E-state index is 11.8. The summed E-state index contributed by atoms with van der Waals surface area (Å²) in [5.74, 6) is -0.0378. The van der Waals surface area contributed by atoms with E-state index in [0.29, 0.717) is 5.82 Å². The van der Waals surface area contributed by atoms with Crippen LogP contribution >= 0.6 is 27.3 Å². The van der Waals surface area contributed by atoms with Crippen LogP contribution in [0.1, 0.15) is 9.67 Å². The van der Waals surface area contributed by atoms with Gasteiger partial charge in [0.1, 0.15) is 5.82 Å². The van der Waals surface area contributed by atoms with Crippen molar-refractivity contribution in [3.05, 3.63) is 49.9 Å². The second-order valence-corrected chi connectivity index (χ2v) is 5.19. The third-order valence-corrected chi connectivity index (χ3v) is 3.49. The molecule has 0 unspecified atom stereocenters. The number of amides is 1. The van der Waals surface area contributed by atoms with Crippen molar-refractivity contribution in [2.24, 2.45) is 0 Å². The Kier molecular flexibility index (Phi) is 3.68. The molecule has 0 saturated heterocycles. The van der Waals surface area contributed by atoms with E-state index in [1.165, 1.54) is 18.3 Å². The highest BCUT2D eigenvalue weighted by atomic mass is 79.9. The second kappa shape index (κ2) is 5.23. The lowest BCUT2D eigenvalue weighted by molar-refractivity contribution is -0.380. The van der Waals surface area contributed by atoms with E-state index >= 15 is 0 Å². The number of anilines is 1. The molecule has 2 aromatic heterocycles. The minimum Gasteiger partial charge on any atom is -0.306 e. The van der Waals surface area contributed by atoms with Crippen LogP contribution in [0.25, 0.3) is 0 Å². The van der Waals surface area contributed by atoms with E-state index in [4.69, 9.17) is 0 Å². The summed E-state index contributed by atoms with van der Waals surface area (Å²) in [6, 6.07) is 6.08. The van der Waals surface area contributed by atoms with Gasteiger partial charge in [-0.25, -0.2) is 4.98 Å². The van der Waals surface area contributed by atoms with Gasteiger partial charge < -0.3 is 5.32 Å². The number of nitro groups is 1. The maximum Gasteiger partial charge on any atom is 0.324 e. The number of aromatic nitrogens is 1. The number of carbonyl (C=O) groups excluding carboxylic acids is 1. The molecule has 0 bridgehead atoms. The molecule has 1 N–H and O–H groups in total. The van der Waals surface area contributed by atoms with E-state index in [-0.39, 0.29) is 9.88 Å². The minimum atomic E-state index is -0.529. The van der Waals surface area contributed by atoms with Crippen LogP contribution in [0, 0.1) is 10.1 Å². The van der Waals surface area contributed by atoms with Gasteiger partial charge in [-0.2, -0.15) is 0 Å². The zero-order valence-corrected chi connectivity index (χ0v) is 11.2. The number of halogens is 1. The predicted octanol–water partition coefficient (Wildman–Crippen LogP) is 3.07. The van der Waals surface area contributed by atoms with Crippen LogP contribution in [0.15, 0.2) is 34.9 Å². The smallest absolute Gasteiger partial charge is 0.306 e. The van der Waals surface area contributed by atoms with Crippen LogP contribution in [0.2, 0.25) is 0 Å². The third-order valence-electron chi connectivity index (χ3n) is 1.96. The molecule has 6 nitrogen and oxygen atoms in total. The Bertz CT molecular complexity index is 614. The van der Waals surface area contributed by atoms with E-state index in [1.54, 1.807) is 12.1 Å².